The molecule has 7 nitrogen and oxygen atoms in total. The summed E-state index contributed by atoms with van der Waals surface area (Å²) in [6.45, 7) is 4.37. The van der Waals surface area contributed by atoms with E-state index in [4.69, 9.17) is 0 Å². The number of fused-ring (bicyclic) bond motifs is 1. The summed E-state index contributed by atoms with van der Waals surface area (Å²) in [5.41, 5.74) is 3.10. The molecule has 4 aromatic rings. The van der Waals surface area contributed by atoms with E-state index >= 15 is 4.39 Å². The number of carbonyl (C=O) groups excluding carboxylic acids is 1. The first-order valence-electron chi connectivity index (χ1n) is 11.4. The van der Waals surface area contributed by atoms with Crippen LogP contribution in [0.15, 0.2) is 60.8 Å². The molecule has 0 spiro atoms. The van der Waals surface area contributed by atoms with Crippen LogP contribution in [0.2, 0.25) is 0 Å². The molecule has 3 heterocycles. The van der Waals surface area contributed by atoms with E-state index in [9.17, 15) is 4.79 Å². The molecule has 1 N–H and O–H groups in total. The zero-order valence-corrected chi connectivity index (χ0v) is 19.4. The van der Waals surface area contributed by atoms with Crippen LogP contribution in [0.25, 0.3) is 10.8 Å². The molecule has 174 valence electrons. The van der Waals surface area contributed by atoms with Gasteiger partial charge in [0.15, 0.2) is 6.30 Å². The van der Waals surface area contributed by atoms with E-state index in [0.717, 1.165) is 22.0 Å². The van der Waals surface area contributed by atoms with Crippen molar-refractivity contribution >= 4 is 22.5 Å². The number of halogens is 1. The Morgan fingerprint density at radius 2 is 1.88 bits per heavy atom. The third-order valence-corrected chi connectivity index (χ3v) is 6.79. The number of aromatic nitrogens is 4. The maximum Gasteiger partial charge on any atom is 0.251 e. The first-order chi connectivity index (χ1) is 16.5. The third kappa shape index (κ3) is 3.79. The summed E-state index contributed by atoms with van der Waals surface area (Å²) in [4.78, 5) is 19.3. The van der Waals surface area contributed by atoms with Gasteiger partial charge in [0.05, 0.1) is 17.4 Å². The summed E-state index contributed by atoms with van der Waals surface area (Å²) in [6, 6.07) is 16.0. The normalized spacial score (nSPS) is 20.5. The fourth-order valence-corrected chi connectivity index (χ4v) is 4.86. The number of benzene rings is 2. The predicted molar refractivity (Wildman–Crippen MR) is 130 cm³/mol. The van der Waals surface area contributed by atoms with Gasteiger partial charge in [-0.15, -0.1) is 5.10 Å². The van der Waals surface area contributed by atoms with Crippen molar-refractivity contribution < 1.29 is 9.18 Å². The van der Waals surface area contributed by atoms with Crippen molar-refractivity contribution in [3.63, 3.8) is 0 Å². The molecule has 0 aliphatic carbocycles. The lowest BCUT2D eigenvalue weighted by Crippen LogP contribution is -2.57. The quantitative estimate of drug-likeness (QED) is 0.467. The van der Waals surface area contributed by atoms with Gasteiger partial charge in [-0.05, 0) is 49.4 Å². The number of carbonyl (C=O) groups is 1. The maximum absolute atomic E-state index is 16.4. The number of anilines is 1. The molecule has 8 heteroatoms. The molecule has 34 heavy (non-hydrogen) atoms. The molecule has 5 rings (SSSR count). The molecule has 0 saturated carbocycles. The van der Waals surface area contributed by atoms with Crippen LogP contribution in [-0.4, -0.2) is 44.8 Å². The first kappa shape index (κ1) is 22.0. The molecule has 0 radical (unpaired) electrons. The molecular weight excluding hydrogens is 431 g/mol. The number of pyridine rings is 1. The Kier molecular flexibility index (Phi) is 5.73. The van der Waals surface area contributed by atoms with Gasteiger partial charge in [-0.25, -0.2) is 9.37 Å². The summed E-state index contributed by atoms with van der Waals surface area (Å²) in [6.07, 6.45) is 0.815. The highest BCUT2D eigenvalue weighted by Crippen LogP contribution is 2.38. The third-order valence-electron chi connectivity index (χ3n) is 6.79. The van der Waals surface area contributed by atoms with Gasteiger partial charge in [0.1, 0.15) is 5.82 Å². The number of rotatable bonds is 4. The van der Waals surface area contributed by atoms with E-state index < -0.39 is 12.3 Å². The van der Waals surface area contributed by atoms with E-state index in [0.29, 0.717) is 30.0 Å². The molecule has 3 atom stereocenters. The van der Waals surface area contributed by atoms with Crippen LogP contribution >= 0.6 is 0 Å². The van der Waals surface area contributed by atoms with E-state index in [1.165, 1.54) is 0 Å². The lowest BCUT2D eigenvalue weighted by molar-refractivity contribution is 0.0872. The summed E-state index contributed by atoms with van der Waals surface area (Å²) < 4.78 is 18.1. The zero-order chi connectivity index (χ0) is 23.8. The lowest BCUT2D eigenvalue weighted by Gasteiger charge is -2.42. The van der Waals surface area contributed by atoms with Gasteiger partial charge in [0.25, 0.3) is 5.91 Å². The fourth-order valence-electron chi connectivity index (χ4n) is 4.86. The number of piperidine rings is 1. The van der Waals surface area contributed by atoms with Gasteiger partial charge in [0, 0.05) is 36.7 Å². The standard InChI is InChI=1S/C26H27FN6O/c1-16-8-7-11-18-12-14-28-25(21(16)18)33-15-13-20(22-17(2)32(3)31-30-22)23(24(33)27)29-26(34)19-9-5-4-6-10-19/h4-12,14,20,23-24H,13,15H2,1-3H3,(H,29,34)/t20-,23+,24-/m0/s1. The molecule has 1 saturated heterocycles. The van der Waals surface area contributed by atoms with Gasteiger partial charge in [0.2, 0.25) is 0 Å². The number of amides is 1. The van der Waals surface area contributed by atoms with Crippen molar-refractivity contribution in [2.75, 3.05) is 11.4 Å². The van der Waals surface area contributed by atoms with Crippen LogP contribution in [0.1, 0.15) is 39.6 Å². The average Bonchev–Trinajstić information content (AvgIpc) is 3.18. The summed E-state index contributed by atoms with van der Waals surface area (Å²) in [5, 5.41) is 13.4. The largest absolute Gasteiger partial charge is 0.344 e. The van der Waals surface area contributed by atoms with E-state index in [-0.39, 0.29) is 11.8 Å². The fraction of sp³-hybridized carbons (Fsp3) is 0.308. The van der Waals surface area contributed by atoms with E-state index in [1.54, 1.807) is 40.0 Å². The molecule has 2 aromatic carbocycles. The average molecular weight is 459 g/mol. The zero-order valence-electron chi connectivity index (χ0n) is 19.4. The summed E-state index contributed by atoms with van der Waals surface area (Å²) in [5.74, 6) is -0.0382. The SMILES string of the molecule is Cc1cccc2ccnc(N3CC[C@@H](c4nnn(C)c4C)[C@@H](NC(=O)c4ccccc4)[C@H]3F)c12. The van der Waals surface area contributed by atoms with E-state index in [1.807, 2.05) is 51.2 Å². The lowest BCUT2D eigenvalue weighted by atomic mass is 9.86. The predicted octanol–water partition coefficient (Wildman–Crippen LogP) is 4.07. The summed E-state index contributed by atoms with van der Waals surface area (Å²) in [7, 11) is 1.81. The first-order valence-corrected chi connectivity index (χ1v) is 11.4. The summed E-state index contributed by atoms with van der Waals surface area (Å²) >= 11 is 0. The van der Waals surface area contributed by atoms with E-state index in [2.05, 4.69) is 20.6 Å². The monoisotopic (exact) mass is 458 g/mol. The Morgan fingerprint density at radius 1 is 1.09 bits per heavy atom. The highest BCUT2D eigenvalue weighted by atomic mass is 19.1. The van der Waals surface area contributed by atoms with Crippen LogP contribution in [-0.2, 0) is 7.05 Å². The van der Waals surface area contributed by atoms with Crippen LogP contribution in [0.4, 0.5) is 10.2 Å². The molecule has 1 aliphatic rings. The van der Waals surface area contributed by atoms with Crippen LogP contribution in [0.3, 0.4) is 0 Å². The highest BCUT2D eigenvalue weighted by Gasteiger charge is 2.43. The van der Waals surface area contributed by atoms with Gasteiger partial charge in [-0.3, -0.25) is 9.48 Å². The molecule has 1 fully saturated rings. The second kappa shape index (κ2) is 8.85. The van der Waals surface area contributed by atoms with Crippen LogP contribution in [0, 0.1) is 13.8 Å². The Bertz CT molecular complexity index is 1330. The minimum Gasteiger partial charge on any atom is -0.344 e. The van der Waals surface area contributed by atoms with Crippen molar-refractivity contribution in [2.24, 2.45) is 7.05 Å². The molecule has 2 aromatic heterocycles. The van der Waals surface area contributed by atoms with Gasteiger partial charge < -0.3 is 10.2 Å². The smallest absolute Gasteiger partial charge is 0.251 e. The molecule has 1 aliphatic heterocycles. The number of nitrogens with one attached hydrogen (secondary N) is 1. The van der Waals surface area contributed by atoms with Crippen LogP contribution in [0.5, 0.6) is 0 Å². The number of hydrogen-bond donors (Lipinski definition) is 1. The highest BCUT2D eigenvalue weighted by molar-refractivity contribution is 5.96. The maximum atomic E-state index is 16.4. The molecule has 1 amide bonds. The Balaban J connectivity index is 1.55. The minimum atomic E-state index is -1.49. The van der Waals surface area contributed by atoms with Crippen molar-refractivity contribution in [1.82, 2.24) is 25.3 Å². The number of alkyl halides is 1. The van der Waals surface area contributed by atoms with Crippen molar-refractivity contribution in [3.8, 4) is 0 Å². The Labute approximate surface area is 197 Å². The topological polar surface area (TPSA) is 75.9 Å². The second-order valence-corrected chi connectivity index (χ2v) is 8.82. The minimum absolute atomic E-state index is 0.316. The van der Waals surface area contributed by atoms with Gasteiger partial charge >= 0.3 is 0 Å². The van der Waals surface area contributed by atoms with Crippen molar-refractivity contribution in [2.45, 2.75) is 38.5 Å². The van der Waals surface area contributed by atoms with Gasteiger partial charge in [-0.2, -0.15) is 0 Å². The number of hydrogen-bond acceptors (Lipinski definition) is 5. The van der Waals surface area contributed by atoms with Gasteiger partial charge in [-0.1, -0.05) is 41.6 Å². The number of nitrogens with zero attached hydrogens (tertiary/aromatic N) is 5. The Hall–Kier alpha value is -3.81. The molecule has 0 bridgehead atoms. The van der Waals surface area contributed by atoms with Crippen molar-refractivity contribution in [1.29, 1.82) is 0 Å². The van der Waals surface area contributed by atoms with Crippen molar-refractivity contribution in [3.05, 3.63) is 83.3 Å². The van der Waals surface area contributed by atoms with Crippen LogP contribution < -0.4 is 10.2 Å². The Morgan fingerprint density at radius 3 is 2.62 bits per heavy atom. The molecule has 0 unspecified atom stereocenters. The number of aryl methyl sites for hydroxylation is 2. The molecular formula is C26H27FN6O. The second-order valence-electron chi connectivity index (χ2n) is 8.82.